The molecule has 0 fully saturated rings. The quantitative estimate of drug-likeness (QED) is 0.726. The normalized spacial score (nSPS) is 10.8. The van der Waals surface area contributed by atoms with E-state index in [-0.39, 0.29) is 12.6 Å². The van der Waals surface area contributed by atoms with Crippen LogP contribution in [0.1, 0.15) is 12.5 Å². The van der Waals surface area contributed by atoms with E-state index < -0.39 is 0 Å². The lowest BCUT2D eigenvalue weighted by molar-refractivity contribution is 0.180. The number of nitrogens with one attached hydrogen (secondary N) is 1. The fourth-order valence-corrected chi connectivity index (χ4v) is 2.75. The number of hydrogen-bond donors (Lipinski definition) is 2. The summed E-state index contributed by atoms with van der Waals surface area (Å²) in [5.41, 5.74) is 4.06. The van der Waals surface area contributed by atoms with Gasteiger partial charge in [0.2, 0.25) is 0 Å². The maximum atomic E-state index is 12.0. The number of likely N-dealkylation sites (N-methyl/N-ethyl adjacent to an activating group) is 1. The van der Waals surface area contributed by atoms with Crippen LogP contribution in [0.4, 0.5) is 4.79 Å². The zero-order valence-corrected chi connectivity index (χ0v) is 14.2. The van der Waals surface area contributed by atoms with Gasteiger partial charge in [0.15, 0.2) is 0 Å². The Morgan fingerprint density at radius 2 is 1.96 bits per heavy atom. The number of benzene rings is 2. The number of amides is 2. The van der Waals surface area contributed by atoms with Crippen molar-refractivity contribution < 1.29 is 9.90 Å². The Morgan fingerprint density at radius 3 is 2.68 bits per heavy atom. The average Bonchev–Trinajstić information content (AvgIpc) is 3.08. The van der Waals surface area contributed by atoms with Crippen LogP contribution in [0.3, 0.4) is 0 Å². The van der Waals surface area contributed by atoms with Crippen molar-refractivity contribution in [1.82, 2.24) is 19.8 Å². The molecule has 1 aromatic heterocycles. The molecule has 0 atom stereocenters. The summed E-state index contributed by atoms with van der Waals surface area (Å²) in [5.74, 6) is 0. The van der Waals surface area contributed by atoms with E-state index in [4.69, 9.17) is 5.11 Å². The molecular formula is C19H22N4O2. The van der Waals surface area contributed by atoms with Crippen molar-refractivity contribution in [3.05, 3.63) is 60.4 Å². The third kappa shape index (κ3) is 3.80. The molecule has 0 bridgehead atoms. The highest BCUT2D eigenvalue weighted by molar-refractivity contribution is 5.77. The van der Waals surface area contributed by atoms with Gasteiger partial charge in [-0.25, -0.2) is 9.78 Å². The topological polar surface area (TPSA) is 70.4 Å². The summed E-state index contributed by atoms with van der Waals surface area (Å²) in [5, 5.41) is 11.8. The highest BCUT2D eigenvalue weighted by Crippen LogP contribution is 2.18. The van der Waals surface area contributed by atoms with Crippen LogP contribution in [-0.2, 0) is 6.54 Å². The molecule has 0 aliphatic heterocycles. The molecule has 3 aromatic rings. The van der Waals surface area contributed by atoms with Gasteiger partial charge >= 0.3 is 6.03 Å². The Labute approximate surface area is 146 Å². The molecule has 0 unspecified atom stereocenters. The van der Waals surface area contributed by atoms with E-state index in [0.29, 0.717) is 19.6 Å². The van der Waals surface area contributed by atoms with Gasteiger partial charge in [-0.15, -0.1) is 0 Å². The second-order valence-corrected chi connectivity index (χ2v) is 5.73. The van der Waals surface area contributed by atoms with Gasteiger partial charge in [-0.1, -0.05) is 24.3 Å². The molecule has 6 nitrogen and oxygen atoms in total. The third-order valence-corrected chi connectivity index (χ3v) is 4.15. The molecule has 0 saturated carbocycles. The predicted molar refractivity (Wildman–Crippen MR) is 97.6 cm³/mol. The highest BCUT2D eigenvalue weighted by Gasteiger charge is 2.10. The predicted octanol–water partition coefficient (Wildman–Crippen LogP) is 2.55. The second-order valence-electron chi connectivity index (χ2n) is 5.73. The lowest BCUT2D eigenvalue weighted by Gasteiger charge is -2.20. The largest absolute Gasteiger partial charge is 0.395 e. The molecule has 0 aliphatic rings. The number of aliphatic hydroxyl groups excluding tert-OH is 1. The van der Waals surface area contributed by atoms with Crippen LogP contribution in [-0.4, -0.2) is 45.3 Å². The zero-order chi connectivity index (χ0) is 17.6. The third-order valence-electron chi connectivity index (χ3n) is 4.15. The zero-order valence-electron chi connectivity index (χ0n) is 14.2. The number of para-hydroxylation sites is 2. The average molecular weight is 338 g/mol. The van der Waals surface area contributed by atoms with Gasteiger partial charge in [0.25, 0.3) is 0 Å². The number of urea groups is 1. The van der Waals surface area contributed by atoms with Crippen LogP contribution in [0.5, 0.6) is 0 Å². The van der Waals surface area contributed by atoms with E-state index >= 15 is 0 Å². The molecule has 130 valence electrons. The monoisotopic (exact) mass is 338 g/mol. The molecule has 2 amide bonds. The van der Waals surface area contributed by atoms with Crippen LogP contribution in [0.25, 0.3) is 16.7 Å². The fourth-order valence-electron chi connectivity index (χ4n) is 2.75. The lowest BCUT2D eigenvalue weighted by Crippen LogP contribution is -2.41. The van der Waals surface area contributed by atoms with Crippen LogP contribution in [0, 0.1) is 0 Å². The van der Waals surface area contributed by atoms with E-state index in [2.05, 4.69) is 10.3 Å². The number of carbonyl (C=O) groups is 1. The summed E-state index contributed by atoms with van der Waals surface area (Å²) < 4.78 is 2.04. The minimum atomic E-state index is -0.166. The number of aromatic nitrogens is 2. The summed E-state index contributed by atoms with van der Waals surface area (Å²) in [6.45, 7) is 3.22. The van der Waals surface area contributed by atoms with Crippen molar-refractivity contribution >= 4 is 17.1 Å². The Balaban J connectivity index is 1.67. The molecule has 3 rings (SSSR count). The molecule has 0 saturated heterocycles. The summed E-state index contributed by atoms with van der Waals surface area (Å²) in [4.78, 5) is 18.0. The Morgan fingerprint density at radius 1 is 1.20 bits per heavy atom. The number of aliphatic hydroxyl groups is 1. The minimum Gasteiger partial charge on any atom is -0.395 e. The fraction of sp³-hybridized carbons (Fsp3) is 0.263. The van der Waals surface area contributed by atoms with Gasteiger partial charge in [-0.05, 0) is 36.8 Å². The van der Waals surface area contributed by atoms with Gasteiger partial charge in [0, 0.05) is 25.3 Å². The standard InChI is InChI=1S/C19H22N4O2/c1-2-22(11-12-24)19(25)20-13-15-7-9-16(10-8-15)23-14-21-17-5-3-4-6-18(17)23/h3-10,14,24H,2,11-13H2,1H3,(H,20,25). The molecule has 6 heteroatoms. The van der Waals surface area contributed by atoms with Crippen molar-refractivity contribution in [2.45, 2.75) is 13.5 Å². The Hall–Kier alpha value is -2.86. The first-order valence-corrected chi connectivity index (χ1v) is 8.38. The van der Waals surface area contributed by atoms with E-state index in [1.54, 1.807) is 4.90 Å². The number of fused-ring (bicyclic) bond motifs is 1. The Bertz CT molecular complexity index is 842. The Kier molecular flexibility index (Phi) is 5.30. The number of hydrogen-bond acceptors (Lipinski definition) is 3. The van der Waals surface area contributed by atoms with Crippen LogP contribution in [0.2, 0.25) is 0 Å². The minimum absolute atomic E-state index is 0.0329. The van der Waals surface area contributed by atoms with E-state index in [0.717, 1.165) is 22.3 Å². The van der Waals surface area contributed by atoms with Crippen LogP contribution < -0.4 is 5.32 Å². The van der Waals surface area contributed by atoms with E-state index in [1.807, 2.05) is 66.3 Å². The number of imidazole rings is 1. The summed E-state index contributed by atoms with van der Waals surface area (Å²) in [6.07, 6.45) is 1.81. The second kappa shape index (κ2) is 7.81. The molecule has 2 N–H and O–H groups in total. The summed E-state index contributed by atoms with van der Waals surface area (Å²) >= 11 is 0. The van der Waals surface area contributed by atoms with Gasteiger partial charge in [0.05, 0.1) is 17.6 Å². The molecule has 1 heterocycles. The highest BCUT2D eigenvalue weighted by atomic mass is 16.3. The van der Waals surface area contributed by atoms with Crippen molar-refractivity contribution in [1.29, 1.82) is 0 Å². The van der Waals surface area contributed by atoms with Gasteiger partial charge < -0.3 is 15.3 Å². The molecule has 0 spiro atoms. The van der Waals surface area contributed by atoms with Crippen molar-refractivity contribution in [2.24, 2.45) is 0 Å². The van der Waals surface area contributed by atoms with Gasteiger partial charge in [0.1, 0.15) is 6.33 Å². The SMILES string of the molecule is CCN(CCO)C(=O)NCc1ccc(-n2cnc3ccccc32)cc1. The first-order valence-electron chi connectivity index (χ1n) is 8.38. The molecular weight excluding hydrogens is 316 g/mol. The van der Waals surface area contributed by atoms with Gasteiger partial charge in [-0.2, -0.15) is 0 Å². The molecule has 0 aliphatic carbocycles. The first-order chi connectivity index (χ1) is 12.2. The van der Waals surface area contributed by atoms with Crippen LogP contribution >= 0.6 is 0 Å². The van der Waals surface area contributed by atoms with Crippen molar-refractivity contribution in [2.75, 3.05) is 19.7 Å². The maximum absolute atomic E-state index is 12.0. The van der Waals surface area contributed by atoms with Crippen molar-refractivity contribution in [3.8, 4) is 5.69 Å². The first kappa shape index (κ1) is 17.0. The number of carbonyl (C=O) groups excluding carboxylic acids is 1. The van der Waals surface area contributed by atoms with Gasteiger partial charge in [-0.3, -0.25) is 4.57 Å². The molecule has 0 radical (unpaired) electrons. The van der Waals surface area contributed by atoms with E-state index in [1.165, 1.54) is 0 Å². The molecule has 25 heavy (non-hydrogen) atoms. The maximum Gasteiger partial charge on any atom is 0.317 e. The van der Waals surface area contributed by atoms with Crippen LogP contribution in [0.15, 0.2) is 54.9 Å². The number of rotatable bonds is 6. The number of nitrogens with zero attached hydrogens (tertiary/aromatic N) is 3. The lowest BCUT2D eigenvalue weighted by atomic mass is 10.2. The smallest absolute Gasteiger partial charge is 0.317 e. The summed E-state index contributed by atoms with van der Waals surface area (Å²) in [7, 11) is 0. The van der Waals surface area contributed by atoms with E-state index in [9.17, 15) is 4.79 Å². The molecule has 2 aromatic carbocycles. The van der Waals surface area contributed by atoms with Crippen molar-refractivity contribution in [3.63, 3.8) is 0 Å². The summed E-state index contributed by atoms with van der Waals surface area (Å²) in [6, 6.07) is 15.8.